The van der Waals surface area contributed by atoms with Gasteiger partial charge in [0, 0.05) is 37.3 Å². The van der Waals surface area contributed by atoms with Crippen LogP contribution < -0.4 is 0 Å². The molecule has 0 heterocycles. The fourth-order valence-electron chi connectivity index (χ4n) is 0.119. The van der Waals surface area contributed by atoms with Crippen molar-refractivity contribution in [1.29, 1.82) is 0 Å². The van der Waals surface area contributed by atoms with E-state index in [4.69, 9.17) is 0 Å². The summed E-state index contributed by atoms with van der Waals surface area (Å²) in [4.78, 5) is 0. The molecule has 0 spiro atoms. The minimum absolute atomic E-state index is 0. The second-order valence-electron chi connectivity index (χ2n) is 0.756. The summed E-state index contributed by atoms with van der Waals surface area (Å²) in [5.74, 6) is 0. The number of rotatable bonds is 3. The second kappa shape index (κ2) is 10.9. The molecule has 0 aliphatic rings. The van der Waals surface area contributed by atoms with Crippen LogP contribution in [0, 0.1) is 37.3 Å². The van der Waals surface area contributed by atoms with Crippen molar-refractivity contribution in [2.75, 3.05) is 6.61 Å². The molecule has 0 aliphatic carbocycles. The zero-order valence-corrected chi connectivity index (χ0v) is 6.70. The van der Waals surface area contributed by atoms with Gasteiger partial charge >= 0.3 is 8.69 Å². The Bertz CT molecular complexity index is 77.7. The quantitative estimate of drug-likeness (QED) is 0.580. The molecular formula is C3H5ErFO2P+. The third kappa shape index (κ3) is 10.1. The summed E-state index contributed by atoms with van der Waals surface area (Å²) in [6, 6.07) is 0. The molecule has 0 aromatic rings. The first-order valence-electron chi connectivity index (χ1n) is 1.66. The fraction of sp³-hybridized carbons (Fsp3) is 0.333. The number of hydrogen-bond donors (Lipinski definition) is 0. The van der Waals surface area contributed by atoms with Crippen molar-refractivity contribution in [1.82, 2.24) is 0 Å². The molecule has 0 bridgehead atoms. The topological polar surface area (TPSA) is 26.3 Å². The van der Waals surface area contributed by atoms with Gasteiger partial charge in [-0.15, -0.1) is 4.52 Å². The van der Waals surface area contributed by atoms with Crippen LogP contribution in [0.4, 0.5) is 4.39 Å². The third-order valence-electron chi connectivity index (χ3n) is 0.328. The van der Waals surface area contributed by atoms with Crippen molar-refractivity contribution in [3.05, 3.63) is 12.4 Å². The Labute approximate surface area is 78.0 Å². The number of halogens is 1. The van der Waals surface area contributed by atoms with Crippen LogP contribution in [0.3, 0.4) is 0 Å². The van der Waals surface area contributed by atoms with Crippen LogP contribution in [0.1, 0.15) is 0 Å². The van der Waals surface area contributed by atoms with E-state index >= 15 is 0 Å². The first-order valence-corrected chi connectivity index (χ1v) is 2.47. The minimum atomic E-state index is -0.800. The molecule has 0 fully saturated rings. The molecule has 2 nitrogen and oxygen atoms in total. The van der Waals surface area contributed by atoms with E-state index in [1.807, 2.05) is 0 Å². The average Bonchev–Trinajstić information content (AvgIpc) is 1.69. The summed E-state index contributed by atoms with van der Waals surface area (Å²) >= 11 is 0. The molecule has 1 unspecified atom stereocenters. The second-order valence-corrected chi connectivity index (χ2v) is 1.21. The van der Waals surface area contributed by atoms with Crippen molar-refractivity contribution in [3.63, 3.8) is 0 Å². The van der Waals surface area contributed by atoms with Crippen molar-refractivity contribution < 1.29 is 50.8 Å². The maximum Gasteiger partial charge on any atom is 0.494 e. The van der Waals surface area contributed by atoms with Crippen molar-refractivity contribution in [2.45, 2.75) is 0 Å². The Morgan fingerprint density at radius 3 is 2.75 bits per heavy atom. The summed E-state index contributed by atoms with van der Waals surface area (Å²) in [5, 5.41) is 0. The van der Waals surface area contributed by atoms with Gasteiger partial charge in [-0.25, -0.2) is 4.39 Å². The van der Waals surface area contributed by atoms with E-state index < -0.39 is 8.69 Å². The fourth-order valence-corrected chi connectivity index (χ4v) is 0.283. The maximum absolute atomic E-state index is 11.0. The summed E-state index contributed by atoms with van der Waals surface area (Å²) in [5.41, 5.74) is 0. The van der Waals surface area contributed by atoms with Gasteiger partial charge in [-0.05, 0) is 10.6 Å². The van der Waals surface area contributed by atoms with E-state index in [1.54, 1.807) is 0 Å². The van der Waals surface area contributed by atoms with Crippen LogP contribution in [0.15, 0.2) is 12.4 Å². The van der Waals surface area contributed by atoms with Crippen LogP contribution >= 0.6 is 8.69 Å². The Morgan fingerprint density at radius 1 is 1.75 bits per heavy atom. The Kier molecular flexibility index (Phi) is 15.9. The van der Waals surface area contributed by atoms with Crippen LogP contribution in [0.5, 0.6) is 0 Å². The summed E-state index contributed by atoms with van der Waals surface area (Å²) in [7, 11) is -0.800. The van der Waals surface area contributed by atoms with E-state index in [-0.39, 0.29) is 43.9 Å². The molecule has 0 saturated heterocycles. The van der Waals surface area contributed by atoms with E-state index in [1.165, 1.54) is 0 Å². The molecule has 0 rings (SSSR count). The molecular weight excluding hydrogens is 285 g/mol. The molecule has 0 aromatic carbocycles. The normalized spacial score (nSPS) is 9.62. The van der Waals surface area contributed by atoms with Gasteiger partial charge in [-0.1, -0.05) is 0 Å². The summed E-state index contributed by atoms with van der Waals surface area (Å²) < 4.78 is 24.6. The van der Waals surface area contributed by atoms with Gasteiger partial charge in [-0.2, -0.15) is 0 Å². The monoisotopic (exact) mass is 289 g/mol. The summed E-state index contributed by atoms with van der Waals surface area (Å²) in [6.45, 7) is 0.0818. The molecule has 1 atom stereocenters. The van der Waals surface area contributed by atoms with Gasteiger partial charge in [-0.3, -0.25) is 0 Å². The molecule has 0 saturated carbocycles. The molecule has 8 heavy (non-hydrogen) atoms. The molecule has 0 N–H and O–H groups in total. The number of hydrogen-bond acceptors (Lipinski definition) is 2. The molecule has 52 valence electrons. The Morgan fingerprint density at radius 2 is 2.38 bits per heavy atom. The van der Waals surface area contributed by atoms with Crippen LogP contribution in [-0.2, 0) is 9.09 Å². The zero-order valence-electron chi connectivity index (χ0n) is 3.84. The predicted molar refractivity (Wildman–Crippen MR) is 25.2 cm³/mol. The van der Waals surface area contributed by atoms with Gasteiger partial charge in [0.2, 0.25) is 0 Å². The average molecular weight is 290 g/mol. The van der Waals surface area contributed by atoms with E-state index in [0.717, 1.165) is 6.08 Å². The smallest absolute Gasteiger partial charge is 0.216 e. The molecule has 5 heteroatoms. The van der Waals surface area contributed by atoms with Gasteiger partial charge in [0.25, 0.3) is 0 Å². The first-order chi connectivity index (χ1) is 3.41. The largest absolute Gasteiger partial charge is 0.494 e. The third-order valence-corrected chi connectivity index (χ3v) is 0.612. The van der Waals surface area contributed by atoms with Crippen LogP contribution in [0.25, 0.3) is 0 Å². The van der Waals surface area contributed by atoms with Gasteiger partial charge in [0.15, 0.2) is 0 Å². The van der Waals surface area contributed by atoms with Crippen LogP contribution in [0.2, 0.25) is 0 Å². The van der Waals surface area contributed by atoms with Gasteiger partial charge in [0.05, 0.1) is 6.33 Å². The SMILES string of the molecule is O=[PH+]OCC=CF.[Er]. The zero-order chi connectivity index (χ0) is 5.54. The van der Waals surface area contributed by atoms with E-state index in [9.17, 15) is 8.96 Å². The van der Waals surface area contributed by atoms with Gasteiger partial charge < -0.3 is 0 Å². The minimum Gasteiger partial charge on any atom is -0.216 e. The molecule has 0 aliphatic heterocycles. The van der Waals surface area contributed by atoms with Crippen molar-refractivity contribution in [2.24, 2.45) is 0 Å². The van der Waals surface area contributed by atoms with E-state index in [2.05, 4.69) is 4.52 Å². The first kappa shape index (κ1) is 11.7. The Hall–Kier alpha value is 0.977. The van der Waals surface area contributed by atoms with Crippen LogP contribution in [-0.4, -0.2) is 6.61 Å². The molecule has 0 amide bonds. The summed E-state index contributed by atoms with van der Waals surface area (Å²) in [6.07, 6.45) is 1.48. The van der Waals surface area contributed by atoms with Crippen molar-refractivity contribution >= 4 is 8.69 Å². The molecule has 0 aromatic heterocycles. The molecule has 0 radical (unpaired) electrons. The predicted octanol–water partition coefficient (Wildman–Crippen LogP) is 1.43. The standard InChI is InChI=1S/C3H5FO2P.Er/c4-2-1-3-6-7-5;/h1-2,7H,3H2;/q+1;. The van der Waals surface area contributed by atoms with Gasteiger partial charge in [0.1, 0.15) is 6.61 Å². The van der Waals surface area contributed by atoms with E-state index in [0.29, 0.717) is 6.33 Å². The van der Waals surface area contributed by atoms with Crippen molar-refractivity contribution in [3.8, 4) is 0 Å². The Balaban J connectivity index is 0. The maximum atomic E-state index is 11.0.